The van der Waals surface area contributed by atoms with Crippen LogP contribution in [0, 0.1) is 10.1 Å². The highest BCUT2D eigenvalue weighted by Gasteiger charge is 2.42. The molecule has 0 aromatic heterocycles. The Morgan fingerprint density at radius 2 is 1.89 bits per heavy atom. The summed E-state index contributed by atoms with van der Waals surface area (Å²) in [4.78, 5) is 9.09. The molecule has 10 heteroatoms. The van der Waals surface area contributed by atoms with Gasteiger partial charge in [-0.05, 0) is 6.07 Å². The van der Waals surface area contributed by atoms with Gasteiger partial charge >= 0.3 is 12.8 Å². The van der Waals surface area contributed by atoms with E-state index in [0.717, 1.165) is 0 Å². The minimum absolute atomic E-state index is 0.395. The molecule has 100 valence electrons. The fraction of sp³-hybridized carbons (Fsp3) is 0.250. The van der Waals surface area contributed by atoms with Crippen LogP contribution >= 0.6 is 11.6 Å². The lowest BCUT2D eigenvalue weighted by atomic mass is 10.1. The van der Waals surface area contributed by atoms with Gasteiger partial charge in [-0.2, -0.15) is 22.0 Å². The van der Waals surface area contributed by atoms with Gasteiger partial charge in [-0.25, -0.2) is 0 Å². The first-order chi connectivity index (χ1) is 8.14. The Labute approximate surface area is 101 Å². The predicted molar refractivity (Wildman–Crippen MR) is 49.7 cm³/mol. The SMILES string of the molecule is O=[N+]([O-])c1ccc(OC(F)F)c(Cl)c1C(F)(F)F. The summed E-state index contributed by atoms with van der Waals surface area (Å²) in [5.41, 5.74) is -3.17. The Balaban J connectivity index is 3.45. The van der Waals surface area contributed by atoms with E-state index in [4.69, 9.17) is 11.6 Å². The highest BCUT2D eigenvalue weighted by molar-refractivity contribution is 6.33. The smallest absolute Gasteiger partial charge is 0.424 e. The van der Waals surface area contributed by atoms with E-state index in [9.17, 15) is 32.1 Å². The van der Waals surface area contributed by atoms with Gasteiger partial charge < -0.3 is 4.74 Å². The molecule has 0 saturated heterocycles. The van der Waals surface area contributed by atoms with E-state index < -0.39 is 39.7 Å². The average molecular weight is 292 g/mol. The van der Waals surface area contributed by atoms with Crippen molar-refractivity contribution >= 4 is 17.3 Å². The molecule has 0 bridgehead atoms. The second-order valence-corrected chi connectivity index (χ2v) is 3.28. The second-order valence-electron chi connectivity index (χ2n) is 2.91. The number of rotatable bonds is 3. The molecule has 0 fully saturated rings. The van der Waals surface area contributed by atoms with Gasteiger partial charge in [-0.3, -0.25) is 10.1 Å². The third kappa shape index (κ3) is 2.97. The number of halogens is 6. The first-order valence-corrected chi connectivity index (χ1v) is 4.51. The summed E-state index contributed by atoms with van der Waals surface area (Å²) in [6.45, 7) is -3.40. The molecule has 0 unspecified atom stereocenters. The number of nitro groups is 1. The third-order valence-corrected chi connectivity index (χ3v) is 2.16. The zero-order valence-corrected chi connectivity index (χ0v) is 8.93. The molecule has 18 heavy (non-hydrogen) atoms. The molecule has 0 spiro atoms. The van der Waals surface area contributed by atoms with E-state index in [-0.39, 0.29) is 0 Å². The summed E-state index contributed by atoms with van der Waals surface area (Å²) in [6, 6.07) is 0.967. The van der Waals surface area contributed by atoms with Crippen LogP contribution < -0.4 is 4.74 Å². The van der Waals surface area contributed by atoms with Gasteiger partial charge in [0, 0.05) is 6.07 Å². The molecule has 0 aliphatic heterocycles. The molecular weight excluding hydrogens is 289 g/mol. The second kappa shape index (κ2) is 4.92. The average Bonchev–Trinajstić information content (AvgIpc) is 2.17. The van der Waals surface area contributed by atoms with Crippen molar-refractivity contribution in [3.8, 4) is 5.75 Å². The first-order valence-electron chi connectivity index (χ1n) is 4.13. The van der Waals surface area contributed by atoms with Crippen molar-refractivity contribution in [3.63, 3.8) is 0 Å². The van der Waals surface area contributed by atoms with Crippen molar-refractivity contribution in [1.82, 2.24) is 0 Å². The predicted octanol–water partition coefficient (Wildman–Crippen LogP) is 3.87. The number of alkyl halides is 5. The molecule has 0 saturated carbocycles. The van der Waals surface area contributed by atoms with Crippen LogP contribution in [0.25, 0.3) is 0 Å². The van der Waals surface area contributed by atoms with E-state index in [1.54, 1.807) is 0 Å². The van der Waals surface area contributed by atoms with Crippen molar-refractivity contribution in [2.24, 2.45) is 0 Å². The molecule has 0 heterocycles. The minimum atomic E-state index is -5.17. The van der Waals surface area contributed by atoms with Gasteiger partial charge in [0.1, 0.15) is 10.8 Å². The van der Waals surface area contributed by atoms with E-state index in [0.29, 0.717) is 12.1 Å². The maximum Gasteiger partial charge on any atom is 0.424 e. The van der Waals surface area contributed by atoms with Gasteiger partial charge in [-0.15, -0.1) is 0 Å². The lowest BCUT2D eigenvalue weighted by molar-refractivity contribution is -0.388. The van der Waals surface area contributed by atoms with Gasteiger partial charge in [-0.1, -0.05) is 11.6 Å². The Morgan fingerprint density at radius 1 is 1.33 bits per heavy atom. The molecular formula is C8H3ClF5NO3. The van der Waals surface area contributed by atoms with E-state index in [1.807, 2.05) is 0 Å². The maximum absolute atomic E-state index is 12.6. The molecule has 0 amide bonds. The number of nitro benzene ring substituents is 1. The molecule has 1 aromatic carbocycles. The van der Waals surface area contributed by atoms with Gasteiger partial charge in [0.15, 0.2) is 5.56 Å². The summed E-state index contributed by atoms with van der Waals surface area (Å²) < 4.78 is 65.2. The monoisotopic (exact) mass is 291 g/mol. The highest BCUT2D eigenvalue weighted by Crippen LogP contribution is 2.44. The van der Waals surface area contributed by atoms with Gasteiger partial charge in [0.25, 0.3) is 5.69 Å². The van der Waals surface area contributed by atoms with Crippen LogP contribution in [0.5, 0.6) is 5.75 Å². The van der Waals surface area contributed by atoms with Gasteiger partial charge in [0.2, 0.25) is 0 Å². The molecule has 0 radical (unpaired) electrons. The van der Waals surface area contributed by atoms with Crippen molar-refractivity contribution < 1.29 is 31.6 Å². The normalized spacial score (nSPS) is 11.7. The number of hydrogen-bond donors (Lipinski definition) is 0. The van der Waals surface area contributed by atoms with E-state index in [1.165, 1.54) is 0 Å². The largest absolute Gasteiger partial charge is 0.433 e. The van der Waals surface area contributed by atoms with Crippen LogP contribution in [0.2, 0.25) is 5.02 Å². The lowest BCUT2D eigenvalue weighted by Crippen LogP contribution is -2.12. The Bertz CT molecular complexity index is 477. The third-order valence-electron chi connectivity index (χ3n) is 1.78. The summed E-state index contributed by atoms with van der Waals surface area (Å²) in [5.74, 6) is -0.982. The molecule has 0 atom stereocenters. The van der Waals surface area contributed by atoms with Crippen molar-refractivity contribution in [2.75, 3.05) is 0 Å². The van der Waals surface area contributed by atoms with Crippen molar-refractivity contribution in [3.05, 3.63) is 32.8 Å². The van der Waals surface area contributed by atoms with E-state index >= 15 is 0 Å². The molecule has 0 aliphatic rings. The fourth-order valence-electron chi connectivity index (χ4n) is 1.16. The summed E-state index contributed by atoms with van der Waals surface area (Å²) in [6.07, 6.45) is -5.17. The van der Waals surface area contributed by atoms with Crippen LogP contribution in [0.1, 0.15) is 5.56 Å². The number of hydrogen-bond acceptors (Lipinski definition) is 3. The zero-order chi connectivity index (χ0) is 14.1. The van der Waals surface area contributed by atoms with Crippen LogP contribution in [0.4, 0.5) is 27.6 Å². The van der Waals surface area contributed by atoms with Crippen molar-refractivity contribution in [1.29, 1.82) is 0 Å². The molecule has 1 rings (SSSR count). The zero-order valence-electron chi connectivity index (χ0n) is 8.17. The quantitative estimate of drug-likeness (QED) is 0.482. The van der Waals surface area contributed by atoms with Crippen molar-refractivity contribution in [2.45, 2.75) is 12.8 Å². The highest BCUT2D eigenvalue weighted by atomic mass is 35.5. The molecule has 1 aromatic rings. The number of nitrogens with zero attached hydrogens (tertiary/aromatic N) is 1. The number of benzene rings is 1. The van der Waals surface area contributed by atoms with E-state index in [2.05, 4.69) is 4.74 Å². The standard InChI is InChI=1S/C8H3ClF5NO3/c9-6-4(18-7(10)11)2-1-3(15(16)17)5(6)8(12,13)14/h1-2,7H. The van der Waals surface area contributed by atoms with Crippen LogP contribution in [-0.2, 0) is 6.18 Å². The maximum atomic E-state index is 12.6. The molecule has 4 nitrogen and oxygen atoms in total. The van der Waals surface area contributed by atoms with Gasteiger partial charge in [0.05, 0.1) is 4.92 Å². The summed E-state index contributed by atoms with van der Waals surface area (Å²) in [7, 11) is 0. The fourth-order valence-corrected chi connectivity index (χ4v) is 1.47. The molecule has 0 aliphatic carbocycles. The first kappa shape index (κ1) is 14.4. The number of ether oxygens (including phenoxy) is 1. The van der Waals surface area contributed by atoms with Crippen LogP contribution in [-0.4, -0.2) is 11.5 Å². The summed E-state index contributed by atoms with van der Waals surface area (Å²) in [5, 5.41) is 9.13. The van der Waals surface area contributed by atoms with Crippen LogP contribution in [0.3, 0.4) is 0 Å². The van der Waals surface area contributed by atoms with Crippen LogP contribution in [0.15, 0.2) is 12.1 Å². The molecule has 0 N–H and O–H groups in total. The Morgan fingerprint density at radius 3 is 2.28 bits per heavy atom. The topological polar surface area (TPSA) is 52.4 Å². The Hall–Kier alpha value is -1.64. The minimum Gasteiger partial charge on any atom is -0.433 e. The Kier molecular flexibility index (Phi) is 3.95. The lowest BCUT2D eigenvalue weighted by Gasteiger charge is -2.13. The summed E-state index contributed by atoms with van der Waals surface area (Å²) >= 11 is 5.20.